The third kappa shape index (κ3) is 8.35. The molecule has 2 aromatic heterocycles. The van der Waals surface area contributed by atoms with Crippen LogP contribution in [0.25, 0.3) is 5.65 Å². The van der Waals surface area contributed by atoms with Crippen LogP contribution in [0.4, 0.5) is 18.0 Å². The van der Waals surface area contributed by atoms with Gasteiger partial charge in [-0.2, -0.15) is 13.2 Å². The molecule has 4 N–H and O–H groups in total. The number of carboxylic acid groups (broad SMARTS) is 2. The predicted molar refractivity (Wildman–Crippen MR) is 138 cm³/mol. The Hall–Kier alpha value is -4.29. The van der Waals surface area contributed by atoms with Crippen molar-refractivity contribution >= 4 is 23.6 Å². The highest BCUT2D eigenvalue weighted by Gasteiger charge is 2.38. The minimum absolute atomic E-state index is 0.0522. The fraction of sp³-hybridized carbons (Fsp3) is 0.407. The minimum atomic E-state index is -5.08. The van der Waals surface area contributed by atoms with Gasteiger partial charge in [-0.25, -0.2) is 14.6 Å². The van der Waals surface area contributed by atoms with Crippen LogP contribution in [0.1, 0.15) is 59.9 Å². The van der Waals surface area contributed by atoms with E-state index in [1.54, 1.807) is 17.5 Å². The van der Waals surface area contributed by atoms with Gasteiger partial charge in [-0.15, -0.1) is 0 Å². The summed E-state index contributed by atoms with van der Waals surface area (Å²) in [7, 11) is 0. The number of nitrogens with one attached hydrogen (secondary N) is 2. The quantitative estimate of drug-likeness (QED) is 0.302. The van der Waals surface area contributed by atoms with Crippen molar-refractivity contribution in [1.29, 1.82) is 0 Å². The van der Waals surface area contributed by atoms with Crippen molar-refractivity contribution in [2.75, 3.05) is 13.2 Å². The second kappa shape index (κ2) is 13.7. The number of hydrogen-bond acceptors (Lipinski definition) is 5. The first-order chi connectivity index (χ1) is 19.0. The number of carbonyl (C=O) groups excluding carboxylic acids is 1. The Kier molecular flexibility index (Phi) is 10.3. The third-order valence-corrected chi connectivity index (χ3v) is 6.41. The Morgan fingerprint density at radius 1 is 1.07 bits per heavy atom. The fourth-order valence-electron chi connectivity index (χ4n) is 4.46. The minimum Gasteiger partial charge on any atom is -0.489 e. The molecule has 40 heavy (non-hydrogen) atoms. The largest absolute Gasteiger partial charge is 0.490 e. The van der Waals surface area contributed by atoms with Gasteiger partial charge in [0.1, 0.15) is 5.69 Å². The molecule has 1 fully saturated rings. The average Bonchev–Trinajstić information content (AvgIpc) is 3.27. The molecule has 0 spiro atoms. The number of aryl methyl sites for hydroxylation is 1. The number of imidazole rings is 1. The van der Waals surface area contributed by atoms with E-state index >= 15 is 0 Å². The lowest BCUT2D eigenvalue weighted by Crippen LogP contribution is -2.38. The summed E-state index contributed by atoms with van der Waals surface area (Å²) in [6, 6.07) is 12.5. The number of hydrogen-bond donors (Lipinski definition) is 4. The molecular weight excluding hydrogens is 533 g/mol. The normalized spacial score (nSPS) is 14.5. The molecule has 0 saturated heterocycles. The number of carboxylic acids is 1. The number of nitrogens with zero attached hydrogens (tertiary/aromatic N) is 2. The molecule has 1 atom stereocenters. The molecule has 4 rings (SSSR count). The number of pyridine rings is 1. The molecule has 1 aromatic carbocycles. The molecule has 2 heterocycles. The molecule has 10 nitrogen and oxygen atoms in total. The maximum absolute atomic E-state index is 13.3. The van der Waals surface area contributed by atoms with Crippen LogP contribution in [0.3, 0.4) is 0 Å². The highest BCUT2D eigenvalue weighted by Crippen LogP contribution is 2.27. The first-order valence-electron chi connectivity index (χ1n) is 12.7. The Balaban J connectivity index is 0.000000559. The van der Waals surface area contributed by atoms with Crippen LogP contribution in [-0.2, 0) is 4.79 Å². The lowest BCUT2D eigenvalue weighted by molar-refractivity contribution is -0.192. The Labute approximate surface area is 228 Å². The molecule has 1 aliphatic rings. The predicted octanol–water partition coefficient (Wildman–Crippen LogP) is 4.97. The van der Waals surface area contributed by atoms with E-state index in [9.17, 15) is 22.8 Å². The van der Waals surface area contributed by atoms with E-state index in [-0.39, 0.29) is 12.5 Å². The van der Waals surface area contributed by atoms with Crippen LogP contribution in [0, 0.1) is 12.8 Å². The summed E-state index contributed by atoms with van der Waals surface area (Å²) < 4.78 is 39.6. The first kappa shape index (κ1) is 30.3. The van der Waals surface area contributed by atoms with Crippen LogP contribution in [0.5, 0.6) is 5.75 Å². The van der Waals surface area contributed by atoms with Crippen LogP contribution >= 0.6 is 0 Å². The number of halogens is 3. The van der Waals surface area contributed by atoms with Crippen LogP contribution < -0.4 is 15.4 Å². The number of amides is 2. The highest BCUT2D eigenvalue weighted by atomic mass is 19.4. The number of fused-ring (bicyclic) bond motifs is 1. The number of ether oxygens (including phenoxy) is 1. The number of benzene rings is 1. The summed E-state index contributed by atoms with van der Waals surface area (Å²) in [4.78, 5) is 37.9. The summed E-state index contributed by atoms with van der Waals surface area (Å²) >= 11 is 0. The summed E-state index contributed by atoms with van der Waals surface area (Å²) in [6.45, 7) is 2.50. The van der Waals surface area contributed by atoms with Gasteiger partial charge in [0.15, 0.2) is 11.4 Å². The van der Waals surface area contributed by atoms with Crippen LogP contribution in [0.15, 0.2) is 48.7 Å². The van der Waals surface area contributed by atoms with Crippen molar-refractivity contribution < 1.29 is 42.5 Å². The molecule has 1 saturated carbocycles. The van der Waals surface area contributed by atoms with Gasteiger partial charge in [-0.3, -0.25) is 9.20 Å². The zero-order valence-electron chi connectivity index (χ0n) is 21.8. The number of aliphatic carboxylic acids is 1. The van der Waals surface area contributed by atoms with Crippen molar-refractivity contribution in [3.8, 4) is 5.75 Å². The van der Waals surface area contributed by atoms with Gasteiger partial charge in [0, 0.05) is 12.7 Å². The van der Waals surface area contributed by atoms with Gasteiger partial charge in [0.2, 0.25) is 0 Å². The third-order valence-electron chi connectivity index (χ3n) is 6.41. The summed E-state index contributed by atoms with van der Waals surface area (Å²) in [5.41, 5.74) is 2.40. The number of rotatable bonds is 8. The molecular formula is C27H31F3N4O6. The highest BCUT2D eigenvalue weighted by molar-refractivity contribution is 5.95. The molecule has 2 amide bonds. The monoisotopic (exact) mass is 564 g/mol. The van der Waals surface area contributed by atoms with Crippen molar-refractivity contribution in [2.24, 2.45) is 5.92 Å². The zero-order chi connectivity index (χ0) is 29.3. The van der Waals surface area contributed by atoms with Gasteiger partial charge in [0.05, 0.1) is 18.3 Å². The molecule has 216 valence electrons. The van der Waals surface area contributed by atoms with Gasteiger partial charge in [-0.1, -0.05) is 49.6 Å². The second-order valence-electron chi connectivity index (χ2n) is 9.35. The van der Waals surface area contributed by atoms with Gasteiger partial charge in [-0.05, 0) is 43.4 Å². The number of aromatic nitrogens is 2. The van der Waals surface area contributed by atoms with E-state index in [0.29, 0.717) is 35.3 Å². The number of alkyl halides is 3. The lowest BCUT2D eigenvalue weighted by atomic mass is 9.90. The topological polar surface area (TPSA) is 142 Å². The van der Waals surface area contributed by atoms with Crippen molar-refractivity contribution in [2.45, 2.75) is 51.2 Å². The summed E-state index contributed by atoms with van der Waals surface area (Å²) in [6.07, 6.45) is 1.76. The fourth-order valence-corrected chi connectivity index (χ4v) is 4.46. The Morgan fingerprint density at radius 2 is 1.73 bits per heavy atom. The van der Waals surface area contributed by atoms with Crippen molar-refractivity contribution in [1.82, 2.24) is 20.0 Å². The van der Waals surface area contributed by atoms with E-state index in [4.69, 9.17) is 19.7 Å². The van der Waals surface area contributed by atoms with Crippen LogP contribution in [-0.4, -0.2) is 56.9 Å². The summed E-state index contributed by atoms with van der Waals surface area (Å²) in [5, 5.41) is 21.5. The smallest absolute Gasteiger partial charge is 0.489 e. The van der Waals surface area contributed by atoms with Crippen molar-refractivity contribution in [3.05, 3.63) is 65.6 Å². The summed E-state index contributed by atoms with van der Waals surface area (Å²) in [5.74, 6) is -1.86. The van der Waals surface area contributed by atoms with E-state index < -0.39 is 24.3 Å². The maximum Gasteiger partial charge on any atom is 0.490 e. The van der Waals surface area contributed by atoms with Crippen molar-refractivity contribution in [3.63, 3.8) is 0 Å². The Bertz CT molecular complexity index is 1310. The zero-order valence-corrected chi connectivity index (χ0v) is 21.8. The standard InChI is InChI=1S/C25H30N4O4.C2HF3O2/c1-17-22(24(30)28-20(15-26-25(31)32)19-11-6-3-7-12-19)29-14-8-13-21(23(29)27-17)33-16-18-9-4-2-5-10-18;3-2(4,5)1(6)7/h3,6-8,11-14,18,20,26H,2,4-5,9-10,15-16H2,1H3,(H,28,30)(H,31,32);(H,6,7). The second-order valence-corrected chi connectivity index (χ2v) is 9.35. The average molecular weight is 565 g/mol. The van der Waals surface area contributed by atoms with E-state index in [2.05, 4.69) is 15.6 Å². The molecule has 0 radical (unpaired) electrons. The molecule has 0 aliphatic heterocycles. The number of carbonyl (C=O) groups is 3. The first-order valence-corrected chi connectivity index (χ1v) is 12.7. The molecule has 13 heteroatoms. The van der Waals surface area contributed by atoms with Gasteiger partial charge in [0.25, 0.3) is 5.91 Å². The lowest BCUT2D eigenvalue weighted by Gasteiger charge is -2.21. The molecule has 1 aliphatic carbocycles. The van der Waals surface area contributed by atoms with Crippen LogP contribution in [0.2, 0.25) is 0 Å². The van der Waals surface area contributed by atoms with E-state index in [1.807, 2.05) is 42.5 Å². The molecule has 1 unspecified atom stereocenters. The Morgan fingerprint density at radius 3 is 2.33 bits per heavy atom. The van der Waals surface area contributed by atoms with Gasteiger partial charge >= 0.3 is 18.2 Å². The van der Waals surface area contributed by atoms with Gasteiger partial charge < -0.3 is 25.6 Å². The van der Waals surface area contributed by atoms with E-state index in [1.165, 1.54) is 32.1 Å². The van der Waals surface area contributed by atoms with E-state index in [0.717, 1.165) is 5.56 Å². The maximum atomic E-state index is 13.3. The SMILES string of the molecule is Cc1nc2c(OCC3CCCCC3)cccn2c1C(=O)NC(CNC(=O)O)c1ccccc1.O=C(O)C(F)(F)F. The molecule has 3 aromatic rings. The molecule has 0 bridgehead atoms.